The lowest BCUT2D eigenvalue weighted by atomic mass is 9.80. The summed E-state index contributed by atoms with van der Waals surface area (Å²) in [5, 5.41) is 0.426. The third-order valence-electron chi connectivity index (χ3n) is 4.22. The van der Waals surface area contributed by atoms with Crippen LogP contribution in [0, 0.1) is 23.5 Å². The quantitative estimate of drug-likeness (QED) is 0.860. The molecule has 112 valence electrons. The van der Waals surface area contributed by atoms with Crippen molar-refractivity contribution < 1.29 is 8.78 Å². The number of thioether (sulfide) groups is 1. The largest absolute Gasteiger partial charge is 0.330 e. The Morgan fingerprint density at radius 1 is 1.25 bits per heavy atom. The molecule has 0 bridgehead atoms. The molecule has 1 aromatic carbocycles. The summed E-state index contributed by atoms with van der Waals surface area (Å²) in [6.45, 7) is 2.90. The lowest BCUT2D eigenvalue weighted by molar-refractivity contribution is 0.276. The van der Waals surface area contributed by atoms with E-state index in [2.05, 4.69) is 6.92 Å². The van der Waals surface area contributed by atoms with E-state index in [1.807, 2.05) is 0 Å². The van der Waals surface area contributed by atoms with Crippen LogP contribution in [0.1, 0.15) is 39.0 Å². The van der Waals surface area contributed by atoms with Crippen LogP contribution in [0.25, 0.3) is 0 Å². The number of hydrogen-bond donors (Lipinski definition) is 1. The lowest BCUT2D eigenvalue weighted by Crippen LogP contribution is -2.32. The van der Waals surface area contributed by atoms with Crippen molar-refractivity contribution in [2.45, 2.75) is 49.2 Å². The first-order valence-electron chi connectivity index (χ1n) is 7.45. The molecule has 20 heavy (non-hydrogen) atoms. The zero-order chi connectivity index (χ0) is 14.5. The number of halogens is 2. The molecule has 4 heteroatoms. The van der Waals surface area contributed by atoms with Gasteiger partial charge >= 0.3 is 0 Å². The number of hydrogen-bond acceptors (Lipinski definition) is 2. The molecule has 1 nitrogen and oxygen atoms in total. The van der Waals surface area contributed by atoms with Crippen molar-refractivity contribution >= 4 is 11.8 Å². The average molecular weight is 299 g/mol. The highest BCUT2D eigenvalue weighted by atomic mass is 32.2. The molecule has 2 N–H and O–H groups in total. The second-order valence-electron chi connectivity index (χ2n) is 5.70. The molecule has 3 atom stereocenters. The smallest absolute Gasteiger partial charge is 0.159 e. The van der Waals surface area contributed by atoms with E-state index in [1.165, 1.54) is 31.4 Å². The molecule has 0 amide bonds. The molecule has 1 aromatic rings. The van der Waals surface area contributed by atoms with Gasteiger partial charge in [-0.25, -0.2) is 8.78 Å². The van der Waals surface area contributed by atoms with Gasteiger partial charge < -0.3 is 5.73 Å². The molecule has 1 saturated carbocycles. The molecule has 0 aromatic heterocycles. The standard InChI is InChI=1S/C16H23F2NS/c1-2-3-11-4-5-12(10-19)16(8-11)20-13-6-7-14(17)15(18)9-13/h6-7,9,11-12,16H,2-5,8,10,19H2,1H3. The number of nitrogens with two attached hydrogens (primary N) is 1. The molecule has 1 aliphatic carbocycles. The van der Waals surface area contributed by atoms with Crippen LogP contribution < -0.4 is 5.73 Å². The van der Waals surface area contributed by atoms with E-state index in [0.29, 0.717) is 17.7 Å². The molecule has 0 radical (unpaired) electrons. The summed E-state index contributed by atoms with van der Waals surface area (Å²) < 4.78 is 26.3. The first-order chi connectivity index (χ1) is 9.63. The maximum Gasteiger partial charge on any atom is 0.159 e. The van der Waals surface area contributed by atoms with Crippen LogP contribution in [0.15, 0.2) is 23.1 Å². The molecule has 1 fully saturated rings. The monoisotopic (exact) mass is 299 g/mol. The Labute approximate surface area is 124 Å². The molecule has 0 spiro atoms. The Hall–Kier alpha value is -0.610. The molecule has 0 heterocycles. The van der Waals surface area contributed by atoms with Crippen molar-refractivity contribution in [3.63, 3.8) is 0 Å². The van der Waals surface area contributed by atoms with Gasteiger partial charge in [0.1, 0.15) is 0 Å². The minimum absolute atomic E-state index is 0.426. The molecule has 3 unspecified atom stereocenters. The summed E-state index contributed by atoms with van der Waals surface area (Å²) in [6, 6.07) is 4.18. The highest BCUT2D eigenvalue weighted by molar-refractivity contribution is 8.00. The van der Waals surface area contributed by atoms with Crippen LogP contribution >= 0.6 is 11.8 Å². The molecular formula is C16H23F2NS. The first-order valence-corrected chi connectivity index (χ1v) is 8.33. The van der Waals surface area contributed by atoms with E-state index in [9.17, 15) is 8.78 Å². The number of rotatable bonds is 5. The Morgan fingerprint density at radius 2 is 2.05 bits per heavy atom. The van der Waals surface area contributed by atoms with Gasteiger partial charge in [0.05, 0.1) is 0 Å². The molecular weight excluding hydrogens is 276 g/mol. The minimum Gasteiger partial charge on any atom is -0.330 e. The van der Waals surface area contributed by atoms with Gasteiger partial charge in [0.25, 0.3) is 0 Å². The Kier molecular flexibility index (Phi) is 5.85. The molecule has 0 saturated heterocycles. The van der Waals surface area contributed by atoms with Gasteiger partial charge in [-0.1, -0.05) is 26.2 Å². The van der Waals surface area contributed by atoms with Crippen LogP contribution in [0.3, 0.4) is 0 Å². The van der Waals surface area contributed by atoms with Crippen molar-refractivity contribution in [2.75, 3.05) is 6.54 Å². The van der Waals surface area contributed by atoms with Crippen LogP contribution in [0.2, 0.25) is 0 Å². The SMILES string of the molecule is CCCC1CCC(CN)C(Sc2ccc(F)c(F)c2)C1. The average Bonchev–Trinajstić information content (AvgIpc) is 2.44. The topological polar surface area (TPSA) is 26.0 Å². The van der Waals surface area contributed by atoms with E-state index >= 15 is 0 Å². The van der Waals surface area contributed by atoms with Crippen molar-refractivity contribution in [1.82, 2.24) is 0 Å². The van der Waals surface area contributed by atoms with Crippen LogP contribution in [0.4, 0.5) is 8.78 Å². The molecule has 1 aliphatic rings. The van der Waals surface area contributed by atoms with Crippen LogP contribution in [0.5, 0.6) is 0 Å². The van der Waals surface area contributed by atoms with Gasteiger partial charge in [-0.3, -0.25) is 0 Å². The van der Waals surface area contributed by atoms with Gasteiger partial charge in [-0.2, -0.15) is 0 Å². The molecule has 2 rings (SSSR count). The summed E-state index contributed by atoms with van der Waals surface area (Å²) >= 11 is 1.66. The van der Waals surface area contributed by atoms with E-state index < -0.39 is 11.6 Å². The fourth-order valence-electron chi connectivity index (χ4n) is 3.08. The van der Waals surface area contributed by atoms with Crippen molar-refractivity contribution in [3.8, 4) is 0 Å². The van der Waals surface area contributed by atoms with Crippen molar-refractivity contribution in [1.29, 1.82) is 0 Å². The zero-order valence-corrected chi connectivity index (χ0v) is 12.8. The minimum atomic E-state index is -0.780. The van der Waals surface area contributed by atoms with Gasteiger partial charge in [0.2, 0.25) is 0 Å². The molecule has 0 aliphatic heterocycles. The van der Waals surface area contributed by atoms with Crippen LogP contribution in [-0.2, 0) is 0 Å². The van der Waals surface area contributed by atoms with Crippen molar-refractivity contribution in [3.05, 3.63) is 29.8 Å². The second kappa shape index (κ2) is 7.41. The highest BCUT2D eigenvalue weighted by Gasteiger charge is 2.30. The van der Waals surface area contributed by atoms with Gasteiger partial charge in [-0.15, -0.1) is 11.8 Å². The fraction of sp³-hybridized carbons (Fsp3) is 0.625. The maximum absolute atomic E-state index is 13.3. The fourth-order valence-corrected chi connectivity index (χ4v) is 4.56. The summed E-state index contributed by atoms with van der Waals surface area (Å²) in [7, 11) is 0. The predicted octanol–water partition coefficient (Wildman–Crippen LogP) is 4.60. The van der Waals surface area contributed by atoms with Gasteiger partial charge in [0, 0.05) is 10.1 Å². The summed E-state index contributed by atoms with van der Waals surface area (Å²) in [5.41, 5.74) is 5.87. The first kappa shape index (κ1) is 15.8. The highest BCUT2D eigenvalue weighted by Crippen LogP contribution is 2.41. The van der Waals surface area contributed by atoms with Crippen molar-refractivity contribution in [2.24, 2.45) is 17.6 Å². The normalized spacial score (nSPS) is 26.7. The Bertz CT molecular complexity index is 438. The predicted molar refractivity (Wildman–Crippen MR) is 80.8 cm³/mol. The summed E-state index contributed by atoms with van der Waals surface area (Å²) in [5.74, 6) is -0.302. The summed E-state index contributed by atoms with van der Waals surface area (Å²) in [4.78, 5) is 0.810. The third-order valence-corrected chi connectivity index (χ3v) is 5.62. The van der Waals surface area contributed by atoms with E-state index in [-0.39, 0.29) is 0 Å². The van der Waals surface area contributed by atoms with Gasteiger partial charge in [-0.05, 0) is 49.4 Å². The maximum atomic E-state index is 13.3. The van der Waals surface area contributed by atoms with E-state index in [4.69, 9.17) is 5.73 Å². The third kappa shape index (κ3) is 3.95. The summed E-state index contributed by atoms with van der Waals surface area (Å²) in [6.07, 6.45) is 6.01. The Balaban J connectivity index is 2.04. The van der Waals surface area contributed by atoms with E-state index in [0.717, 1.165) is 23.7 Å². The van der Waals surface area contributed by atoms with E-state index in [1.54, 1.807) is 17.8 Å². The lowest BCUT2D eigenvalue weighted by Gasteiger charge is -2.35. The van der Waals surface area contributed by atoms with Gasteiger partial charge in [0.15, 0.2) is 11.6 Å². The van der Waals surface area contributed by atoms with Crippen LogP contribution in [-0.4, -0.2) is 11.8 Å². The zero-order valence-electron chi connectivity index (χ0n) is 11.9. The number of benzene rings is 1. The Morgan fingerprint density at radius 3 is 2.70 bits per heavy atom. The second-order valence-corrected chi connectivity index (χ2v) is 7.01.